The average Bonchev–Trinajstić information content (AvgIpc) is 3.23. The molecule has 8 unspecified atom stereocenters. The third-order valence-electron chi connectivity index (χ3n) is 8.65. The maximum atomic E-state index is 13.9. The normalized spacial score (nSPS) is 44.0. The summed E-state index contributed by atoms with van der Waals surface area (Å²) in [5.41, 5.74) is 0. The first-order valence-corrected chi connectivity index (χ1v) is 15.5. The zero-order valence-electron chi connectivity index (χ0n) is 18.6. The molecule has 5 rings (SSSR count). The molecule has 5 fully saturated rings. The molecule has 0 aromatic carbocycles. The van der Waals surface area contributed by atoms with Gasteiger partial charge in [-0.3, -0.25) is 0 Å². The van der Waals surface area contributed by atoms with Crippen molar-refractivity contribution in [3.05, 3.63) is 0 Å². The van der Waals surface area contributed by atoms with E-state index in [2.05, 4.69) is 0 Å². The van der Waals surface area contributed by atoms with Crippen LogP contribution in [0.15, 0.2) is 0 Å². The van der Waals surface area contributed by atoms with Crippen LogP contribution >= 0.6 is 0 Å². The zero-order chi connectivity index (χ0) is 22.5. The highest BCUT2D eigenvalue weighted by molar-refractivity contribution is 7.92. The minimum atomic E-state index is -3.54. The summed E-state index contributed by atoms with van der Waals surface area (Å²) in [6, 6.07) is -0.128. The van der Waals surface area contributed by atoms with Crippen molar-refractivity contribution in [2.45, 2.75) is 111 Å². The van der Waals surface area contributed by atoms with Crippen molar-refractivity contribution in [1.29, 1.82) is 0 Å². The molecule has 5 aliphatic rings. The van der Waals surface area contributed by atoms with Crippen LogP contribution in [0, 0.1) is 5.92 Å². The Morgan fingerprint density at radius 3 is 2.22 bits per heavy atom. The Labute approximate surface area is 191 Å². The van der Waals surface area contributed by atoms with Gasteiger partial charge in [0, 0.05) is 12.6 Å². The lowest BCUT2D eigenvalue weighted by molar-refractivity contribution is -0.153. The standard InChI is InChI=1S/C22H36FNO6S2/c23-16-2-1-3-19(13-16)32(27,28)24-9-8-15-12-17(4-6-20(15)24)31(25,26)18-5-7-21-22(14-18)30-11-10-29-21/h15-22H,1-14H2. The van der Waals surface area contributed by atoms with Crippen molar-refractivity contribution < 1.29 is 30.7 Å². The van der Waals surface area contributed by atoms with Crippen LogP contribution in [0.25, 0.3) is 0 Å². The summed E-state index contributed by atoms with van der Waals surface area (Å²) in [6.45, 7) is 1.54. The highest BCUT2D eigenvalue weighted by Crippen LogP contribution is 2.44. The van der Waals surface area contributed by atoms with Crippen molar-refractivity contribution in [3.63, 3.8) is 0 Å². The second-order valence-corrected chi connectivity index (χ2v) is 15.1. The van der Waals surface area contributed by atoms with E-state index in [1.165, 1.54) is 0 Å². The molecule has 2 aliphatic heterocycles. The number of nitrogens with zero attached hydrogens (tertiary/aromatic N) is 1. The molecule has 3 aliphatic carbocycles. The van der Waals surface area contributed by atoms with Crippen LogP contribution in [0.5, 0.6) is 0 Å². The second kappa shape index (κ2) is 9.06. The van der Waals surface area contributed by atoms with Gasteiger partial charge >= 0.3 is 0 Å². The highest BCUT2D eigenvalue weighted by Gasteiger charge is 2.50. The Kier molecular flexibility index (Phi) is 6.64. The van der Waals surface area contributed by atoms with Gasteiger partial charge < -0.3 is 9.47 Å². The minimum absolute atomic E-state index is 0.0169. The number of ether oxygens (including phenoxy) is 2. The third-order valence-corrected chi connectivity index (χ3v) is 13.7. The van der Waals surface area contributed by atoms with E-state index in [1.54, 1.807) is 4.31 Å². The van der Waals surface area contributed by atoms with Gasteiger partial charge in [0.05, 0.1) is 41.2 Å². The molecular formula is C22H36FNO6S2. The number of fused-ring (bicyclic) bond motifs is 2. The fourth-order valence-electron chi connectivity index (χ4n) is 6.92. The predicted molar refractivity (Wildman–Crippen MR) is 118 cm³/mol. The third kappa shape index (κ3) is 4.27. The fourth-order valence-corrected chi connectivity index (χ4v) is 11.7. The van der Waals surface area contributed by atoms with E-state index >= 15 is 0 Å². The molecule has 0 bridgehead atoms. The first kappa shape index (κ1) is 23.5. The van der Waals surface area contributed by atoms with E-state index in [0.717, 1.165) is 6.42 Å². The molecule has 0 aromatic heterocycles. The maximum Gasteiger partial charge on any atom is 0.217 e. The number of sulfone groups is 1. The van der Waals surface area contributed by atoms with Crippen molar-refractivity contribution >= 4 is 19.9 Å². The van der Waals surface area contributed by atoms with Crippen molar-refractivity contribution in [1.82, 2.24) is 4.31 Å². The summed E-state index contributed by atoms with van der Waals surface area (Å²) < 4.78 is 80.5. The molecule has 0 amide bonds. The SMILES string of the molecule is O=S(=O)(C1CCC2C(CCN2S(=O)(=O)C2CCCC(F)C2)C1)C1CCC2OCCOC2C1. The van der Waals surface area contributed by atoms with Crippen molar-refractivity contribution in [2.75, 3.05) is 19.8 Å². The van der Waals surface area contributed by atoms with Crippen molar-refractivity contribution in [3.8, 4) is 0 Å². The maximum absolute atomic E-state index is 13.9. The summed E-state index contributed by atoms with van der Waals surface area (Å²) >= 11 is 0. The molecule has 10 heteroatoms. The van der Waals surface area contributed by atoms with Gasteiger partial charge in [0.25, 0.3) is 0 Å². The first-order valence-electron chi connectivity index (χ1n) is 12.4. The van der Waals surface area contributed by atoms with Crippen LogP contribution in [-0.2, 0) is 29.3 Å². The number of sulfonamides is 1. The van der Waals surface area contributed by atoms with Gasteiger partial charge in [0.15, 0.2) is 9.84 Å². The molecule has 7 nitrogen and oxygen atoms in total. The Morgan fingerprint density at radius 2 is 1.44 bits per heavy atom. The summed E-state index contributed by atoms with van der Waals surface area (Å²) in [5, 5.41) is -1.42. The van der Waals surface area contributed by atoms with Gasteiger partial charge in [0.1, 0.15) is 6.17 Å². The molecule has 0 spiro atoms. The van der Waals surface area contributed by atoms with Gasteiger partial charge in [-0.15, -0.1) is 0 Å². The van der Waals surface area contributed by atoms with Gasteiger partial charge in [-0.1, -0.05) is 0 Å². The largest absolute Gasteiger partial charge is 0.373 e. The summed E-state index contributed by atoms with van der Waals surface area (Å²) in [7, 11) is -6.85. The summed E-state index contributed by atoms with van der Waals surface area (Å²) in [4.78, 5) is 0. The Balaban J connectivity index is 1.24. The quantitative estimate of drug-likeness (QED) is 0.598. The Hall–Kier alpha value is -0.290. The van der Waals surface area contributed by atoms with Crippen LogP contribution in [0.3, 0.4) is 0 Å². The molecule has 184 valence electrons. The van der Waals surface area contributed by atoms with E-state index in [4.69, 9.17) is 9.47 Å². The van der Waals surface area contributed by atoms with Gasteiger partial charge in [-0.05, 0) is 76.5 Å². The minimum Gasteiger partial charge on any atom is -0.373 e. The topological polar surface area (TPSA) is 90.0 Å². The molecule has 32 heavy (non-hydrogen) atoms. The summed E-state index contributed by atoms with van der Waals surface area (Å²) in [6.07, 6.45) is 4.73. The molecule has 0 N–H and O–H groups in total. The average molecular weight is 494 g/mol. The van der Waals surface area contributed by atoms with E-state index in [9.17, 15) is 21.2 Å². The smallest absolute Gasteiger partial charge is 0.217 e. The van der Waals surface area contributed by atoms with E-state index < -0.39 is 41.8 Å². The zero-order valence-corrected chi connectivity index (χ0v) is 20.2. The number of alkyl halides is 1. The molecule has 2 saturated heterocycles. The lowest BCUT2D eigenvalue weighted by atomic mass is 9.85. The molecule has 8 atom stereocenters. The highest BCUT2D eigenvalue weighted by atomic mass is 32.2. The number of hydrogen-bond donors (Lipinski definition) is 0. The second-order valence-electron chi connectivity index (χ2n) is 10.4. The molecule has 2 heterocycles. The lowest BCUT2D eigenvalue weighted by Crippen LogP contribution is -2.50. The van der Waals surface area contributed by atoms with Crippen LogP contribution < -0.4 is 0 Å². The van der Waals surface area contributed by atoms with E-state index in [0.29, 0.717) is 77.5 Å². The van der Waals surface area contributed by atoms with E-state index in [-0.39, 0.29) is 30.6 Å². The van der Waals surface area contributed by atoms with Gasteiger partial charge in [0.2, 0.25) is 10.0 Å². The summed E-state index contributed by atoms with van der Waals surface area (Å²) in [5.74, 6) is 0.0775. The van der Waals surface area contributed by atoms with Crippen LogP contribution in [0.1, 0.15) is 70.6 Å². The van der Waals surface area contributed by atoms with Crippen LogP contribution in [0.4, 0.5) is 4.39 Å². The Morgan fingerprint density at radius 1 is 0.719 bits per heavy atom. The lowest BCUT2D eigenvalue weighted by Gasteiger charge is -2.41. The first-order chi connectivity index (χ1) is 15.3. The number of halogens is 1. The molecule has 0 radical (unpaired) electrons. The van der Waals surface area contributed by atoms with Crippen LogP contribution in [0.2, 0.25) is 0 Å². The Bertz CT molecular complexity index is 896. The molecular weight excluding hydrogens is 457 g/mol. The van der Waals surface area contributed by atoms with Gasteiger partial charge in [-0.2, -0.15) is 4.31 Å². The number of hydrogen-bond acceptors (Lipinski definition) is 6. The van der Waals surface area contributed by atoms with E-state index in [1.807, 2.05) is 0 Å². The molecule has 3 saturated carbocycles. The predicted octanol–water partition coefficient (Wildman–Crippen LogP) is 2.59. The molecule has 0 aromatic rings. The van der Waals surface area contributed by atoms with Crippen LogP contribution in [-0.4, -0.2) is 81.1 Å². The monoisotopic (exact) mass is 493 g/mol. The fraction of sp³-hybridized carbons (Fsp3) is 1.00. The van der Waals surface area contributed by atoms with Gasteiger partial charge in [-0.25, -0.2) is 21.2 Å². The number of rotatable bonds is 4. The van der Waals surface area contributed by atoms with Crippen molar-refractivity contribution in [2.24, 2.45) is 5.92 Å².